The van der Waals surface area contributed by atoms with E-state index >= 15 is 0 Å². The Morgan fingerprint density at radius 1 is 1.44 bits per heavy atom. The molecule has 1 aliphatic heterocycles. The molecule has 1 fully saturated rings. The Morgan fingerprint density at radius 3 is 2.94 bits per heavy atom. The molecule has 0 amide bonds. The van der Waals surface area contributed by atoms with Crippen LogP contribution in [-0.2, 0) is 6.54 Å². The van der Waals surface area contributed by atoms with Gasteiger partial charge in [0, 0.05) is 27.4 Å². The Balaban J connectivity index is 2.02. The summed E-state index contributed by atoms with van der Waals surface area (Å²) in [5.41, 5.74) is 1.21. The number of piperidine rings is 1. The van der Waals surface area contributed by atoms with Crippen molar-refractivity contribution in [2.24, 2.45) is 0 Å². The van der Waals surface area contributed by atoms with Crippen LogP contribution < -0.4 is 0 Å². The first kappa shape index (κ1) is 12.9. The molecule has 0 radical (unpaired) electrons. The highest BCUT2D eigenvalue weighted by molar-refractivity contribution is 9.10. The van der Waals surface area contributed by atoms with Crippen LogP contribution in [0.15, 0.2) is 22.7 Å². The van der Waals surface area contributed by atoms with Gasteiger partial charge in [-0.05, 0) is 37.1 Å². The van der Waals surface area contributed by atoms with Gasteiger partial charge in [0.15, 0.2) is 0 Å². The topological polar surface area (TPSA) is 3.24 Å². The van der Waals surface area contributed by atoms with Crippen molar-refractivity contribution in [3.63, 3.8) is 0 Å². The molecule has 0 bridgehead atoms. The quantitative estimate of drug-likeness (QED) is 0.698. The largest absolute Gasteiger partial charge is 0.298 e. The lowest BCUT2D eigenvalue weighted by molar-refractivity contribution is 0.228. The van der Waals surface area contributed by atoms with E-state index in [1.807, 2.05) is 6.07 Å². The van der Waals surface area contributed by atoms with E-state index in [4.69, 9.17) is 11.6 Å². The molecule has 1 aromatic rings. The van der Waals surface area contributed by atoms with Gasteiger partial charge >= 0.3 is 0 Å². The summed E-state index contributed by atoms with van der Waals surface area (Å²) in [7, 11) is 0. The number of alkyl halides is 1. The SMILES string of the molecule is Clc1cc(Br)ccc1CN1CCCC(Br)C1. The maximum absolute atomic E-state index is 6.22. The summed E-state index contributed by atoms with van der Waals surface area (Å²) in [6.07, 6.45) is 2.55. The first-order valence-corrected chi connectivity index (χ1v) is 7.54. The van der Waals surface area contributed by atoms with Crippen LogP contribution in [0.1, 0.15) is 18.4 Å². The van der Waals surface area contributed by atoms with Crippen molar-refractivity contribution in [1.29, 1.82) is 0 Å². The maximum atomic E-state index is 6.22. The summed E-state index contributed by atoms with van der Waals surface area (Å²) < 4.78 is 1.04. The third-order valence-electron chi connectivity index (χ3n) is 2.86. The molecule has 1 nitrogen and oxygen atoms in total. The second-order valence-corrected chi connectivity index (χ2v) is 6.83. The van der Waals surface area contributed by atoms with Crippen molar-refractivity contribution >= 4 is 43.5 Å². The number of hydrogen-bond donors (Lipinski definition) is 0. The third kappa shape index (κ3) is 3.46. The third-order valence-corrected chi connectivity index (χ3v) is 4.45. The molecule has 0 N–H and O–H groups in total. The Bertz CT molecular complexity index is 370. The van der Waals surface area contributed by atoms with E-state index in [1.54, 1.807) is 0 Å². The van der Waals surface area contributed by atoms with E-state index in [9.17, 15) is 0 Å². The van der Waals surface area contributed by atoms with E-state index in [-0.39, 0.29) is 0 Å². The van der Waals surface area contributed by atoms with Crippen molar-refractivity contribution in [3.05, 3.63) is 33.3 Å². The highest BCUT2D eigenvalue weighted by Crippen LogP contribution is 2.24. The van der Waals surface area contributed by atoms with Crippen molar-refractivity contribution in [3.8, 4) is 0 Å². The molecule has 1 unspecified atom stereocenters. The standard InChI is InChI=1S/C12H14Br2ClN/c13-10-4-3-9(12(15)6-10)7-16-5-1-2-11(14)8-16/h3-4,6,11H,1-2,5,7-8H2. The first-order valence-electron chi connectivity index (χ1n) is 5.45. The summed E-state index contributed by atoms with van der Waals surface area (Å²) in [5.74, 6) is 0. The molecule has 1 aromatic carbocycles. The van der Waals surface area contributed by atoms with E-state index in [0.717, 1.165) is 22.6 Å². The minimum Gasteiger partial charge on any atom is -0.298 e. The molecular weight excluding hydrogens is 353 g/mol. The lowest BCUT2D eigenvalue weighted by Gasteiger charge is -2.30. The Hall–Kier alpha value is 0.430. The monoisotopic (exact) mass is 365 g/mol. The zero-order chi connectivity index (χ0) is 11.5. The average molecular weight is 368 g/mol. The zero-order valence-corrected chi connectivity index (χ0v) is 12.9. The predicted molar refractivity (Wildman–Crippen MR) is 76.4 cm³/mol. The van der Waals surface area contributed by atoms with Crippen molar-refractivity contribution < 1.29 is 0 Å². The van der Waals surface area contributed by atoms with Crippen LogP contribution in [0.2, 0.25) is 5.02 Å². The number of likely N-dealkylation sites (tertiary alicyclic amines) is 1. The van der Waals surface area contributed by atoms with Crippen LogP contribution in [0, 0.1) is 0 Å². The van der Waals surface area contributed by atoms with Gasteiger partial charge in [-0.1, -0.05) is 49.5 Å². The smallest absolute Gasteiger partial charge is 0.0462 e. The highest BCUT2D eigenvalue weighted by Gasteiger charge is 2.18. The number of benzene rings is 1. The molecule has 0 aromatic heterocycles. The molecule has 1 atom stereocenters. The van der Waals surface area contributed by atoms with Crippen LogP contribution >= 0.6 is 43.5 Å². The molecule has 1 heterocycles. The molecule has 88 valence electrons. The number of hydrogen-bond acceptors (Lipinski definition) is 1. The van der Waals surface area contributed by atoms with E-state index in [2.05, 4.69) is 48.9 Å². The van der Waals surface area contributed by atoms with Crippen LogP contribution in [0.5, 0.6) is 0 Å². The maximum Gasteiger partial charge on any atom is 0.0462 e. The number of halogens is 3. The van der Waals surface area contributed by atoms with E-state index in [1.165, 1.54) is 24.9 Å². The summed E-state index contributed by atoms with van der Waals surface area (Å²) in [4.78, 5) is 3.09. The fourth-order valence-corrected chi connectivity index (χ4v) is 3.50. The summed E-state index contributed by atoms with van der Waals surface area (Å²) in [6.45, 7) is 3.25. The molecule has 16 heavy (non-hydrogen) atoms. The minimum absolute atomic E-state index is 0.635. The van der Waals surface area contributed by atoms with Crippen LogP contribution in [0.4, 0.5) is 0 Å². The minimum atomic E-state index is 0.635. The van der Waals surface area contributed by atoms with Crippen LogP contribution in [0.25, 0.3) is 0 Å². The van der Waals surface area contributed by atoms with Crippen molar-refractivity contribution in [1.82, 2.24) is 4.90 Å². The van der Waals surface area contributed by atoms with Gasteiger partial charge in [0.25, 0.3) is 0 Å². The van der Waals surface area contributed by atoms with Gasteiger partial charge in [-0.15, -0.1) is 0 Å². The molecule has 4 heteroatoms. The molecule has 0 aliphatic carbocycles. The fourth-order valence-electron chi connectivity index (χ4n) is 2.03. The molecule has 0 spiro atoms. The van der Waals surface area contributed by atoms with Crippen LogP contribution in [0.3, 0.4) is 0 Å². The molecule has 1 saturated heterocycles. The highest BCUT2D eigenvalue weighted by atomic mass is 79.9. The lowest BCUT2D eigenvalue weighted by atomic mass is 10.1. The van der Waals surface area contributed by atoms with E-state index < -0.39 is 0 Å². The molecule has 0 saturated carbocycles. The summed E-state index contributed by atoms with van der Waals surface area (Å²) >= 11 is 13.3. The van der Waals surface area contributed by atoms with Gasteiger partial charge in [0.05, 0.1) is 0 Å². The summed E-state index contributed by atoms with van der Waals surface area (Å²) in [5, 5.41) is 0.853. The van der Waals surface area contributed by atoms with Gasteiger partial charge in [-0.2, -0.15) is 0 Å². The predicted octanol–water partition coefficient (Wildman–Crippen LogP) is 4.46. The van der Waals surface area contributed by atoms with Crippen LogP contribution in [-0.4, -0.2) is 22.8 Å². The second-order valence-electron chi connectivity index (χ2n) is 4.21. The Labute approximate surface area is 118 Å². The zero-order valence-electron chi connectivity index (χ0n) is 8.93. The number of nitrogens with zero attached hydrogens (tertiary/aromatic N) is 1. The Morgan fingerprint density at radius 2 is 2.25 bits per heavy atom. The number of rotatable bonds is 2. The molecular formula is C12H14Br2ClN. The first-order chi connectivity index (χ1) is 7.65. The van der Waals surface area contributed by atoms with Crippen molar-refractivity contribution in [2.75, 3.05) is 13.1 Å². The fraction of sp³-hybridized carbons (Fsp3) is 0.500. The van der Waals surface area contributed by atoms with Gasteiger partial charge in [-0.25, -0.2) is 0 Å². The van der Waals surface area contributed by atoms with Gasteiger partial charge in [0.1, 0.15) is 0 Å². The molecule has 2 rings (SSSR count). The second kappa shape index (κ2) is 5.85. The summed E-state index contributed by atoms with van der Waals surface area (Å²) in [6, 6.07) is 6.12. The average Bonchev–Trinajstić information content (AvgIpc) is 2.22. The van der Waals surface area contributed by atoms with Crippen molar-refractivity contribution in [2.45, 2.75) is 24.2 Å². The van der Waals surface area contributed by atoms with Gasteiger partial charge in [0.2, 0.25) is 0 Å². The van der Waals surface area contributed by atoms with Gasteiger partial charge < -0.3 is 0 Å². The Kier molecular flexibility index (Phi) is 4.71. The van der Waals surface area contributed by atoms with Gasteiger partial charge in [-0.3, -0.25) is 4.90 Å². The lowest BCUT2D eigenvalue weighted by Crippen LogP contribution is -2.35. The molecule has 1 aliphatic rings. The normalized spacial score (nSPS) is 22.3. The van der Waals surface area contributed by atoms with E-state index in [0.29, 0.717) is 4.83 Å².